The van der Waals surface area contributed by atoms with Crippen LogP contribution in [0.15, 0.2) is 55.1 Å². The van der Waals surface area contributed by atoms with E-state index in [1.54, 1.807) is 24.8 Å². The molecule has 0 unspecified atom stereocenters. The lowest BCUT2D eigenvalue weighted by Crippen LogP contribution is -2.41. The molecular formula is C19H19N5. The number of anilines is 1. The van der Waals surface area contributed by atoms with Gasteiger partial charge in [0.15, 0.2) is 0 Å². The molecule has 0 saturated carbocycles. The van der Waals surface area contributed by atoms with Crippen molar-refractivity contribution in [2.75, 3.05) is 4.90 Å². The van der Waals surface area contributed by atoms with Gasteiger partial charge in [0.2, 0.25) is 5.95 Å². The Kier molecular flexibility index (Phi) is 3.91. The van der Waals surface area contributed by atoms with E-state index in [1.807, 2.05) is 6.07 Å². The molecule has 0 radical (unpaired) electrons. The standard InChI is InChI=1S/C19H19N5/c1-2-16-11-14-5-3-4-6-15(14)13-24(16)19-22-8-7-17(23-19)18-12-20-9-10-21-18/h3-10,12,16H,2,11,13H2,1H3/t16-/m0/s1. The summed E-state index contributed by atoms with van der Waals surface area (Å²) in [5, 5.41) is 0. The van der Waals surface area contributed by atoms with Gasteiger partial charge in [-0.05, 0) is 30.0 Å². The minimum Gasteiger partial charge on any atom is -0.333 e. The smallest absolute Gasteiger partial charge is 0.226 e. The quantitative estimate of drug-likeness (QED) is 0.742. The van der Waals surface area contributed by atoms with E-state index in [4.69, 9.17) is 4.98 Å². The molecule has 5 nitrogen and oxygen atoms in total. The molecule has 0 bridgehead atoms. The number of benzene rings is 1. The van der Waals surface area contributed by atoms with E-state index in [0.29, 0.717) is 6.04 Å². The zero-order valence-electron chi connectivity index (χ0n) is 13.6. The van der Waals surface area contributed by atoms with Gasteiger partial charge in [0.05, 0.1) is 11.9 Å². The summed E-state index contributed by atoms with van der Waals surface area (Å²) in [7, 11) is 0. The number of hydrogen-bond acceptors (Lipinski definition) is 5. The maximum atomic E-state index is 4.75. The molecule has 3 heterocycles. The second-order valence-corrected chi connectivity index (χ2v) is 6.00. The molecule has 1 aliphatic rings. The van der Waals surface area contributed by atoms with Crippen molar-refractivity contribution in [3.8, 4) is 11.4 Å². The van der Waals surface area contributed by atoms with Crippen LogP contribution in [-0.4, -0.2) is 26.0 Å². The first-order chi connectivity index (χ1) is 11.8. The monoisotopic (exact) mass is 317 g/mol. The lowest BCUT2D eigenvalue weighted by molar-refractivity contribution is 0.528. The number of aromatic nitrogens is 4. The van der Waals surface area contributed by atoms with Gasteiger partial charge in [0.25, 0.3) is 0 Å². The predicted octanol–water partition coefficient (Wildman–Crippen LogP) is 3.27. The first kappa shape index (κ1) is 14.8. The normalized spacial score (nSPS) is 16.7. The summed E-state index contributed by atoms with van der Waals surface area (Å²) in [6.45, 7) is 3.07. The van der Waals surface area contributed by atoms with E-state index in [9.17, 15) is 0 Å². The average molecular weight is 317 g/mol. The molecule has 1 aromatic carbocycles. The number of hydrogen-bond donors (Lipinski definition) is 0. The summed E-state index contributed by atoms with van der Waals surface area (Å²) >= 11 is 0. The van der Waals surface area contributed by atoms with Crippen molar-refractivity contribution < 1.29 is 0 Å². The molecule has 3 aromatic rings. The summed E-state index contributed by atoms with van der Waals surface area (Å²) < 4.78 is 0. The van der Waals surface area contributed by atoms with E-state index in [1.165, 1.54) is 11.1 Å². The lowest BCUT2D eigenvalue weighted by atomic mass is 9.93. The highest BCUT2D eigenvalue weighted by Crippen LogP contribution is 2.28. The Morgan fingerprint density at radius 1 is 1.00 bits per heavy atom. The van der Waals surface area contributed by atoms with Crippen molar-refractivity contribution in [2.24, 2.45) is 0 Å². The number of nitrogens with zero attached hydrogens (tertiary/aromatic N) is 5. The van der Waals surface area contributed by atoms with Crippen molar-refractivity contribution in [1.82, 2.24) is 19.9 Å². The van der Waals surface area contributed by atoms with Gasteiger partial charge in [-0.25, -0.2) is 9.97 Å². The van der Waals surface area contributed by atoms with Crippen LogP contribution in [0.1, 0.15) is 24.5 Å². The fraction of sp³-hybridized carbons (Fsp3) is 0.263. The molecule has 1 atom stereocenters. The first-order valence-corrected chi connectivity index (χ1v) is 8.28. The lowest BCUT2D eigenvalue weighted by Gasteiger charge is -2.36. The van der Waals surface area contributed by atoms with Gasteiger partial charge in [0, 0.05) is 31.2 Å². The Morgan fingerprint density at radius 3 is 2.67 bits per heavy atom. The van der Waals surface area contributed by atoms with Crippen LogP contribution in [0.25, 0.3) is 11.4 Å². The van der Waals surface area contributed by atoms with Gasteiger partial charge in [-0.2, -0.15) is 0 Å². The van der Waals surface area contributed by atoms with Crippen LogP contribution in [0.2, 0.25) is 0 Å². The molecular weight excluding hydrogens is 298 g/mol. The van der Waals surface area contributed by atoms with E-state index in [-0.39, 0.29) is 0 Å². The van der Waals surface area contributed by atoms with E-state index >= 15 is 0 Å². The van der Waals surface area contributed by atoms with Crippen LogP contribution in [0.3, 0.4) is 0 Å². The molecule has 0 N–H and O–H groups in total. The third-order valence-corrected chi connectivity index (χ3v) is 4.55. The molecule has 2 aromatic heterocycles. The van der Waals surface area contributed by atoms with Crippen LogP contribution < -0.4 is 4.90 Å². The highest BCUT2D eigenvalue weighted by atomic mass is 15.3. The Morgan fingerprint density at radius 2 is 1.88 bits per heavy atom. The van der Waals surface area contributed by atoms with Crippen molar-refractivity contribution in [3.05, 3.63) is 66.2 Å². The zero-order valence-corrected chi connectivity index (χ0v) is 13.6. The SMILES string of the molecule is CC[C@H]1Cc2ccccc2CN1c1nccc(-c2cnccn2)n1. The fourth-order valence-electron chi connectivity index (χ4n) is 3.25. The van der Waals surface area contributed by atoms with Crippen molar-refractivity contribution in [2.45, 2.75) is 32.4 Å². The average Bonchev–Trinajstić information content (AvgIpc) is 2.67. The molecule has 0 aliphatic carbocycles. The van der Waals surface area contributed by atoms with Gasteiger partial charge in [-0.3, -0.25) is 9.97 Å². The fourth-order valence-corrected chi connectivity index (χ4v) is 3.25. The maximum absolute atomic E-state index is 4.75. The van der Waals surface area contributed by atoms with Gasteiger partial charge in [-0.1, -0.05) is 31.2 Å². The Hall–Kier alpha value is -2.82. The molecule has 120 valence electrons. The molecule has 0 amide bonds. The van der Waals surface area contributed by atoms with E-state index < -0.39 is 0 Å². The van der Waals surface area contributed by atoms with E-state index in [2.05, 4.69) is 51.0 Å². The molecule has 24 heavy (non-hydrogen) atoms. The Labute approximate surface area is 141 Å². The third kappa shape index (κ3) is 2.73. The molecule has 0 spiro atoms. The number of rotatable bonds is 3. The Bertz CT molecular complexity index is 834. The van der Waals surface area contributed by atoms with Crippen molar-refractivity contribution in [3.63, 3.8) is 0 Å². The van der Waals surface area contributed by atoms with Crippen molar-refractivity contribution >= 4 is 5.95 Å². The summed E-state index contributed by atoms with van der Waals surface area (Å²) in [4.78, 5) is 20.1. The highest BCUT2D eigenvalue weighted by Gasteiger charge is 2.26. The molecule has 0 fully saturated rings. The summed E-state index contributed by atoms with van der Waals surface area (Å²) in [6, 6.07) is 10.9. The highest BCUT2D eigenvalue weighted by molar-refractivity contribution is 5.54. The van der Waals surface area contributed by atoms with Crippen LogP contribution in [-0.2, 0) is 13.0 Å². The summed E-state index contributed by atoms with van der Waals surface area (Å²) in [5.74, 6) is 0.763. The topological polar surface area (TPSA) is 54.8 Å². The molecule has 0 saturated heterocycles. The first-order valence-electron chi connectivity index (χ1n) is 8.28. The second kappa shape index (κ2) is 6.35. The van der Waals surface area contributed by atoms with Gasteiger partial charge < -0.3 is 4.90 Å². The third-order valence-electron chi connectivity index (χ3n) is 4.55. The minimum absolute atomic E-state index is 0.414. The minimum atomic E-state index is 0.414. The van der Waals surface area contributed by atoms with Gasteiger partial charge in [0.1, 0.15) is 5.69 Å². The van der Waals surface area contributed by atoms with Crippen molar-refractivity contribution in [1.29, 1.82) is 0 Å². The van der Waals surface area contributed by atoms with Gasteiger partial charge >= 0.3 is 0 Å². The summed E-state index contributed by atoms with van der Waals surface area (Å²) in [6.07, 6.45) is 8.98. The maximum Gasteiger partial charge on any atom is 0.226 e. The zero-order chi connectivity index (χ0) is 16.4. The molecule has 4 rings (SSSR count). The van der Waals surface area contributed by atoms with E-state index in [0.717, 1.165) is 36.7 Å². The second-order valence-electron chi connectivity index (χ2n) is 6.00. The molecule has 1 aliphatic heterocycles. The largest absolute Gasteiger partial charge is 0.333 e. The Balaban J connectivity index is 1.70. The molecule has 5 heteroatoms. The van der Waals surface area contributed by atoms with Crippen LogP contribution >= 0.6 is 0 Å². The van der Waals surface area contributed by atoms with Gasteiger partial charge in [-0.15, -0.1) is 0 Å². The summed E-state index contributed by atoms with van der Waals surface area (Å²) in [5.41, 5.74) is 4.37. The van der Waals surface area contributed by atoms with Crippen LogP contribution in [0.4, 0.5) is 5.95 Å². The predicted molar refractivity (Wildman–Crippen MR) is 93.5 cm³/mol. The number of fused-ring (bicyclic) bond motifs is 1. The van der Waals surface area contributed by atoms with Crippen LogP contribution in [0.5, 0.6) is 0 Å². The van der Waals surface area contributed by atoms with Crippen LogP contribution in [0, 0.1) is 0 Å².